The van der Waals surface area contributed by atoms with Crippen LogP contribution in [0, 0.1) is 10.1 Å². The van der Waals surface area contributed by atoms with E-state index in [9.17, 15) is 10.1 Å². The molecule has 7 heteroatoms. The molecular weight excluding hydrogens is 238 g/mol. The van der Waals surface area contributed by atoms with E-state index in [1.165, 1.54) is 10.9 Å². The normalized spacial score (nSPS) is 10.3. The molecule has 1 N–H and O–H groups in total. The van der Waals surface area contributed by atoms with Gasteiger partial charge >= 0.3 is 11.7 Å². The summed E-state index contributed by atoms with van der Waals surface area (Å²) in [6.07, 6.45) is 1.32. The number of aliphatic hydroxyl groups is 1. The van der Waals surface area contributed by atoms with Crippen LogP contribution in [0.5, 0.6) is 11.6 Å². The maximum absolute atomic E-state index is 10.7. The molecule has 0 fully saturated rings. The lowest BCUT2D eigenvalue weighted by Gasteiger charge is -2.05. The Balaban J connectivity index is 2.27. The number of aryl methyl sites for hydroxylation is 1. The first-order valence-electron chi connectivity index (χ1n) is 5.15. The molecule has 0 aliphatic rings. The third-order valence-electron chi connectivity index (χ3n) is 2.36. The van der Waals surface area contributed by atoms with Crippen LogP contribution in [0.1, 0.15) is 5.56 Å². The van der Waals surface area contributed by atoms with E-state index in [1.54, 1.807) is 31.3 Å². The van der Waals surface area contributed by atoms with E-state index in [0.29, 0.717) is 5.75 Å². The summed E-state index contributed by atoms with van der Waals surface area (Å²) in [5.74, 6) is 0.180. The van der Waals surface area contributed by atoms with Crippen LogP contribution in [0.2, 0.25) is 0 Å². The van der Waals surface area contributed by atoms with Gasteiger partial charge in [-0.05, 0) is 27.6 Å². The maximum Gasteiger partial charge on any atom is 0.427 e. The Morgan fingerprint density at radius 1 is 1.44 bits per heavy atom. The van der Waals surface area contributed by atoms with E-state index in [0.717, 1.165) is 5.56 Å². The minimum absolute atomic E-state index is 0.0634. The minimum Gasteiger partial charge on any atom is -0.434 e. The van der Waals surface area contributed by atoms with Crippen molar-refractivity contribution in [2.24, 2.45) is 7.05 Å². The van der Waals surface area contributed by atoms with Gasteiger partial charge in [0.2, 0.25) is 6.33 Å². The average Bonchev–Trinajstić information content (AvgIpc) is 2.72. The summed E-state index contributed by atoms with van der Waals surface area (Å²) in [4.78, 5) is 13.8. The van der Waals surface area contributed by atoms with Crippen molar-refractivity contribution in [3.05, 3.63) is 46.3 Å². The molecule has 94 valence electrons. The van der Waals surface area contributed by atoms with Crippen molar-refractivity contribution in [3.8, 4) is 11.6 Å². The molecule has 0 aliphatic heterocycles. The fourth-order valence-corrected chi connectivity index (χ4v) is 1.42. The highest BCUT2D eigenvalue weighted by atomic mass is 16.6. The van der Waals surface area contributed by atoms with Crippen molar-refractivity contribution >= 4 is 5.82 Å². The fourth-order valence-electron chi connectivity index (χ4n) is 1.42. The number of nitrogens with zero attached hydrogens (tertiary/aromatic N) is 3. The molecule has 2 rings (SSSR count). The Kier molecular flexibility index (Phi) is 3.24. The van der Waals surface area contributed by atoms with Crippen LogP contribution in [0.4, 0.5) is 5.82 Å². The van der Waals surface area contributed by atoms with E-state index in [1.807, 2.05) is 0 Å². The van der Waals surface area contributed by atoms with Crippen LogP contribution in [0.25, 0.3) is 0 Å². The standard InChI is InChI=1S/C11H11N3O4/c1-13-7-12-10(14(16)17)11(13)18-9-4-2-8(6-15)3-5-9/h2-5,7,15H,6H2,1H3. The van der Waals surface area contributed by atoms with Crippen LogP contribution in [0.15, 0.2) is 30.6 Å². The predicted octanol–water partition coefficient (Wildman–Crippen LogP) is 1.61. The quantitative estimate of drug-likeness (QED) is 0.656. The summed E-state index contributed by atoms with van der Waals surface area (Å²) < 4.78 is 6.85. The van der Waals surface area contributed by atoms with Gasteiger partial charge in [-0.3, -0.25) is 4.57 Å². The highest BCUT2D eigenvalue weighted by molar-refractivity contribution is 5.38. The summed E-state index contributed by atoms with van der Waals surface area (Å²) in [5.41, 5.74) is 0.738. The lowest BCUT2D eigenvalue weighted by atomic mass is 10.2. The van der Waals surface area contributed by atoms with Crippen molar-refractivity contribution in [1.82, 2.24) is 9.55 Å². The first-order valence-corrected chi connectivity index (χ1v) is 5.15. The molecule has 0 spiro atoms. The van der Waals surface area contributed by atoms with Crippen LogP contribution in [-0.2, 0) is 13.7 Å². The first-order chi connectivity index (χ1) is 8.61. The van der Waals surface area contributed by atoms with Gasteiger partial charge in [0.1, 0.15) is 5.75 Å². The predicted molar refractivity (Wildman–Crippen MR) is 62.3 cm³/mol. The van der Waals surface area contributed by atoms with Gasteiger partial charge in [0, 0.05) is 7.05 Å². The van der Waals surface area contributed by atoms with Crippen molar-refractivity contribution in [2.45, 2.75) is 6.61 Å². The molecule has 7 nitrogen and oxygen atoms in total. The Bertz CT molecular complexity index is 562. The van der Waals surface area contributed by atoms with Crippen LogP contribution < -0.4 is 4.74 Å². The zero-order valence-electron chi connectivity index (χ0n) is 9.61. The molecule has 0 unspecified atom stereocenters. The van der Waals surface area contributed by atoms with E-state index < -0.39 is 4.92 Å². The van der Waals surface area contributed by atoms with Gasteiger partial charge in [0.15, 0.2) is 0 Å². The number of hydrogen-bond donors (Lipinski definition) is 1. The summed E-state index contributed by atoms with van der Waals surface area (Å²) in [6, 6.07) is 6.61. The lowest BCUT2D eigenvalue weighted by molar-refractivity contribution is -0.390. The molecule has 0 saturated heterocycles. The molecule has 0 radical (unpaired) electrons. The topological polar surface area (TPSA) is 90.4 Å². The van der Waals surface area contributed by atoms with Crippen LogP contribution in [0.3, 0.4) is 0 Å². The van der Waals surface area contributed by atoms with Gasteiger partial charge in [-0.25, -0.2) is 0 Å². The van der Waals surface area contributed by atoms with Crippen LogP contribution in [-0.4, -0.2) is 19.6 Å². The van der Waals surface area contributed by atoms with Gasteiger partial charge in [-0.1, -0.05) is 12.1 Å². The van der Waals surface area contributed by atoms with Crippen molar-refractivity contribution < 1.29 is 14.8 Å². The molecule has 1 aromatic carbocycles. The fraction of sp³-hybridized carbons (Fsp3) is 0.182. The number of imidazole rings is 1. The van der Waals surface area contributed by atoms with Gasteiger partial charge in [-0.15, -0.1) is 0 Å². The zero-order chi connectivity index (χ0) is 13.1. The molecule has 18 heavy (non-hydrogen) atoms. The number of aliphatic hydroxyl groups excluding tert-OH is 1. The molecule has 2 aromatic rings. The zero-order valence-corrected chi connectivity index (χ0v) is 9.61. The van der Waals surface area contributed by atoms with Gasteiger partial charge in [0.05, 0.1) is 6.61 Å². The average molecular weight is 249 g/mol. The second-order valence-corrected chi connectivity index (χ2v) is 3.65. The number of benzene rings is 1. The Morgan fingerprint density at radius 3 is 2.67 bits per heavy atom. The highest BCUT2D eigenvalue weighted by Gasteiger charge is 2.22. The smallest absolute Gasteiger partial charge is 0.427 e. The van der Waals surface area contributed by atoms with E-state index in [2.05, 4.69) is 4.98 Å². The summed E-state index contributed by atoms with van der Waals surface area (Å²) in [6.45, 7) is -0.0634. The Hall–Kier alpha value is -2.41. The first kappa shape index (κ1) is 12.1. The molecule has 0 saturated carbocycles. The highest BCUT2D eigenvalue weighted by Crippen LogP contribution is 2.29. The minimum atomic E-state index is -0.600. The number of rotatable bonds is 4. The molecule has 0 amide bonds. The van der Waals surface area contributed by atoms with E-state index in [-0.39, 0.29) is 18.3 Å². The maximum atomic E-state index is 10.7. The summed E-state index contributed by atoms with van der Waals surface area (Å²) in [7, 11) is 1.61. The number of hydrogen-bond acceptors (Lipinski definition) is 5. The third kappa shape index (κ3) is 2.30. The van der Waals surface area contributed by atoms with Gasteiger partial charge in [0.25, 0.3) is 0 Å². The van der Waals surface area contributed by atoms with Crippen molar-refractivity contribution in [2.75, 3.05) is 0 Å². The summed E-state index contributed by atoms with van der Waals surface area (Å²) >= 11 is 0. The molecule has 0 atom stereocenters. The molecule has 1 aromatic heterocycles. The summed E-state index contributed by atoms with van der Waals surface area (Å²) in [5, 5.41) is 19.6. The molecule has 1 heterocycles. The van der Waals surface area contributed by atoms with Gasteiger partial charge in [-0.2, -0.15) is 0 Å². The number of aromatic nitrogens is 2. The van der Waals surface area contributed by atoms with Gasteiger partial charge < -0.3 is 20.0 Å². The second kappa shape index (κ2) is 4.84. The molecule has 0 bridgehead atoms. The third-order valence-corrected chi connectivity index (χ3v) is 2.36. The van der Waals surface area contributed by atoms with Crippen LogP contribution >= 0.6 is 0 Å². The Morgan fingerprint density at radius 2 is 2.11 bits per heavy atom. The second-order valence-electron chi connectivity index (χ2n) is 3.65. The largest absolute Gasteiger partial charge is 0.434 e. The monoisotopic (exact) mass is 249 g/mol. The SMILES string of the molecule is Cn1cnc([N+](=O)[O-])c1Oc1ccc(CO)cc1. The van der Waals surface area contributed by atoms with E-state index >= 15 is 0 Å². The molecule has 0 aliphatic carbocycles. The lowest BCUT2D eigenvalue weighted by Crippen LogP contribution is -1.96. The van der Waals surface area contributed by atoms with E-state index in [4.69, 9.17) is 9.84 Å². The Labute approximate surface area is 102 Å². The van der Waals surface area contributed by atoms with Crippen molar-refractivity contribution in [1.29, 1.82) is 0 Å². The van der Waals surface area contributed by atoms with Crippen molar-refractivity contribution in [3.63, 3.8) is 0 Å². The number of nitro groups is 1. The molecular formula is C11H11N3O4. The number of ether oxygens (including phenoxy) is 1.